The van der Waals surface area contributed by atoms with Gasteiger partial charge >= 0.3 is 0 Å². The second kappa shape index (κ2) is 6.06. The zero-order chi connectivity index (χ0) is 14.6. The van der Waals surface area contributed by atoms with Crippen molar-refractivity contribution in [2.24, 2.45) is 0 Å². The van der Waals surface area contributed by atoms with E-state index in [9.17, 15) is 9.90 Å². The van der Waals surface area contributed by atoms with Crippen molar-refractivity contribution in [2.75, 3.05) is 12.3 Å². The minimum atomic E-state index is -0.863. The number of amides is 1. The Balaban J connectivity index is 2.54. The van der Waals surface area contributed by atoms with Crippen LogP contribution in [0.4, 0.5) is 5.69 Å². The lowest BCUT2D eigenvalue weighted by Crippen LogP contribution is -2.41. The maximum absolute atomic E-state index is 11.8. The highest BCUT2D eigenvalue weighted by atomic mass is 16.3. The molecular formula is C13H24N4O2. The fourth-order valence-electron chi connectivity index (χ4n) is 1.97. The molecule has 1 aromatic rings. The minimum absolute atomic E-state index is 0.117. The van der Waals surface area contributed by atoms with Gasteiger partial charge < -0.3 is 16.2 Å². The molecule has 0 saturated heterocycles. The van der Waals surface area contributed by atoms with Gasteiger partial charge in [0.05, 0.1) is 22.7 Å². The van der Waals surface area contributed by atoms with Gasteiger partial charge in [0.25, 0.3) is 0 Å². The molecule has 1 unspecified atom stereocenters. The van der Waals surface area contributed by atoms with E-state index >= 15 is 0 Å². The maximum Gasteiger partial charge on any atom is 0.241 e. The van der Waals surface area contributed by atoms with Crippen LogP contribution in [0.2, 0.25) is 0 Å². The van der Waals surface area contributed by atoms with Gasteiger partial charge in [-0.15, -0.1) is 0 Å². The van der Waals surface area contributed by atoms with Crippen LogP contribution in [-0.2, 0) is 11.3 Å². The van der Waals surface area contributed by atoms with Crippen LogP contribution in [-0.4, -0.2) is 32.9 Å². The molecule has 0 aromatic carbocycles. The Morgan fingerprint density at radius 2 is 2.16 bits per heavy atom. The number of anilines is 1. The highest BCUT2D eigenvalue weighted by molar-refractivity contribution is 5.76. The van der Waals surface area contributed by atoms with Crippen molar-refractivity contribution in [3.63, 3.8) is 0 Å². The topological polar surface area (TPSA) is 93.2 Å². The smallest absolute Gasteiger partial charge is 0.241 e. The van der Waals surface area contributed by atoms with Crippen LogP contribution in [0.5, 0.6) is 0 Å². The van der Waals surface area contributed by atoms with Crippen LogP contribution in [0, 0.1) is 13.8 Å². The van der Waals surface area contributed by atoms with Gasteiger partial charge in [-0.1, -0.05) is 13.3 Å². The number of carbonyl (C=O) groups excluding carboxylic acids is 1. The van der Waals surface area contributed by atoms with Gasteiger partial charge in [-0.3, -0.25) is 9.48 Å². The molecule has 19 heavy (non-hydrogen) atoms. The molecule has 0 saturated carbocycles. The summed E-state index contributed by atoms with van der Waals surface area (Å²) in [5, 5.41) is 16.9. The highest BCUT2D eigenvalue weighted by Gasteiger charge is 2.20. The van der Waals surface area contributed by atoms with Crippen molar-refractivity contribution in [2.45, 2.75) is 52.7 Å². The molecule has 0 radical (unpaired) electrons. The SMILES string of the molecule is CCCC(C)(O)CNC(=O)Cn1nc(C)c(N)c1C. The first-order valence-electron chi connectivity index (χ1n) is 6.55. The molecule has 1 heterocycles. The number of nitrogens with two attached hydrogens (primary N) is 1. The molecule has 1 atom stereocenters. The molecule has 0 aliphatic heterocycles. The van der Waals surface area contributed by atoms with Crippen LogP contribution >= 0.6 is 0 Å². The normalized spacial score (nSPS) is 14.2. The monoisotopic (exact) mass is 268 g/mol. The van der Waals surface area contributed by atoms with Crippen LogP contribution < -0.4 is 11.1 Å². The van der Waals surface area contributed by atoms with Crippen LogP contribution in [0.25, 0.3) is 0 Å². The summed E-state index contributed by atoms with van der Waals surface area (Å²) in [5.41, 5.74) is 7.07. The summed E-state index contributed by atoms with van der Waals surface area (Å²) in [6.45, 7) is 7.71. The number of rotatable bonds is 6. The van der Waals surface area contributed by atoms with Crippen LogP contribution in [0.15, 0.2) is 0 Å². The lowest BCUT2D eigenvalue weighted by molar-refractivity contribution is -0.123. The number of aromatic nitrogens is 2. The first kappa shape index (κ1) is 15.5. The Bertz CT molecular complexity index is 452. The van der Waals surface area contributed by atoms with Crippen molar-refractivity contribution in [3.05, 3.63) is 11.4 Å². The van der Waals surface area contributed by atoms with Crippen molar-refractivity contribution < 1.29 is 9.90 Å². The van der Waals surface area contributed by atoms with Gasteiger partial charge in [0, 0.05) is 6.54 Å². The van der Waals surface area contributed by atoms with Crippen LogP contribution in [0.1, 0.15) is 38.1 Å². The number of aryl methyl sites for hydroxylation is 1. The minimum Gasteiger partial charge on any atom is -0.396 e. The van der Waals surface area contributed by atoms with E-state index in [1.165, 1.54) is 0 Å². The van der Waals surface area contributed by atoms with E-state index in [0.29, 0.717) is 12.1 Å². The number of hydrogen-bond donors (Lipinski definition) is 3. The van der Waals surface area contributed by atoms with Crippen LogP contribution in [0.3, 0.4) is 0 Å². The molecule has 4 N–H and O–H groups in total. The van der Waals surface area contributed by atoms with Gasteiger partial charge in [0.2, 0.25) is 5.91 Å². The molecule has 1 rings (SSSR count). The quantitative estimate of drug-likeness (QED) is 0.709. The lowest BCUT2D eigenvalue weighted by Gasteiger charge is -2.22. The molecule has 0 aliphatic rings. The Labute approximate surface area is 114 Å². The second-order valence-electron chi connectivity index (χ2n) is 5.27. The van der Waals surface area contributed by atoms with Crippen molar-refractivity contribution in [1.29, 1.82) is 0 Å². The Kier molecular flexibility index (Phi) is 4.94. The van der Waals surface area contributed by atoms with Crippen molar-refractivity contribution >= 4 is 11.6 Å². The van der Waals surface area contributed by atoms with E-state index in [2.05, 4.69) is 10.4 Å². The molecule has 1 aromatic heterocycles. The lowest BCUT2D eigenvalue weighted by atomic mass is 10.0. The van der Waals surface area contributed by atoms with Gasteiger partial charge in [0.15, 0.2) is 0 Å². The predicted molar refractivity (Wildman–Crippen MR) is 74.7 cm³/mol. The molecule has 108 valence electrons. The molecular weight excluding hydrogens is 244 g/mol. The molecule has 0 spiro atoms. The third-order valence-corrected chi connectivity index (χ3v) is 3.19. The molecule has 1 amide bonds. The first-order valence-corrected chi connectivity index (χ1v) is 6.55. The van der Waals surface area contributed by atoms with Gasteiger partial charge in [-0.25, -0.2) is 0 Å². The summed E-state index contributed by atoms with van der Waals surface area (Å²) in [5.74, 6) is -0.179. The third-order valence-electron chi connectivity index (χ3n) is 3.19. The van der Waals surface area contributed by atoms with Gasteiger partial charge in [-0.05, 0) is 27.2 Å². The maximum atomic E-state index is 11.8. The Morgan fingerprint density at radius 1 is 1.53 bits per heavy atom. The van der Waals surface area contributed by atoms with Gasteiger partial charge in [-0.2, -0.15) is 5.10 Å². The second-order valence-corrected chi connectivity index (χ2v) is 5.27. The fourth-order valence-corrected chi connectivity index (χ4v) is 1.97. The van der Waals surface area contributed by atoms with E-state index < -0.39 is 5.60 Å². The number of nitrogens with zero attached hydrogens (tertiary/aromatic N) is 2. The summed E-state index contributed by atoms with van der Waals surface area (Å²) in [7, 11) is 0. The summed E-state index contributed by atoms with van der Waals surface area (Å²) >= 11 is 0. The first-order chi connectivity index (χ1) is 8.76. The van der Waals surface area contributed by atoms with Crippen molar-refractivity contribution in [1.82, 2.24) is 15.1 Å². The third kappa shape index (κ3) is 4.24. The number of hydrogen-bond acceptors (Lipinski definition) is 4. The molecule has 0 aliphatic carbocycles. The van der Waals surface area contributed by atoms with E-state index in [1.54, 1.807) is 11.6 Å². The fraction of sp³-hybridized carbons (Fsp3) is 0.692. The molecule has 0 fully saturated rings. The molecule has 6 heteroatoms. The van der Waals surface area contributed by atoms with Gasteiger partial charge in [0.1, 0.15) is 6.54 Å². The zero-order valence-electron chi connectivity index (χ0n) is 12.2. The Hall–Kier alpha value is -1.56. The summed E-state index contributed by atoms with van der Waals surface area (Å²) in [6.07, 6.45) is 1.52. The molecule has 0 bridgehead atoms. The largest absolute Gasteiger partial charge is 0.396 e. The van der Waals surface area contributed by atoms with E-state index in [1.807, 2.05) is 20.8 Å². The van der Waals surface area contributed by atoms with E-state index in [-0.39, 0.29) is 19.0 Å². The highest BCUT2D eigenvalue weighted by Crippen LogP contribution is 2.14. The number of nitrogens with one attached hydrogen (secondary N) is 1. The number of aliphatic hydroxyl groups is 1. The van der Waals surface area contributed by atoms with Crippen molar-refractivity contribution in [3.8, 4) is 0 Å². The average Bonchev–Trinajstić information content (AvgIpc) is 2.55. The summed E-state index contributed by atoms with van der Waals surface area (Å²) in [4.78, 5) is 11.8. The summed E-state index contributed by atoms with van der Waals surface area (Å²) < 4.78 is 1.58. The number of carbonyl (C=O) groups is 1. The number of nitrogen functional groups attached to an aromatic ring is 1. The van der Waals surface area contributed by atoms with E-state index in [4.69, 9.17) is 5.73 Å². The summed E-state index contributed by atoms with van der Waals surface area (Å²) in [6, 6.07) is 0. The Morgan fingerprint density at radius 3 is 2.63 bits per heavy atom. The average molecular weight is 268 g/mol. The molecule has 6 nitrogen and oxygen atoms in total. The predicted octanol–water partition coefficient (Wildman–Crippen LogP) is 0.749. The standard InChI is InChI=1S/C13H24N4O2/c1-5-6-13(4,19)8-15-11(18)7-17-10(3)12(14)9(2)16-17/h19H,5-8,14H2,1-4H3,(H,15,18). The zero-order valence-corrected chi connectivity index (χ0v) is 12.2. The van der Waals surface area contributed by atoms with E-state index in [0.717, 1.165) is 17.8 Å².